The average molecular weight is 326 g/mol. The Morgan fingerprint density at radius 1 is 0.958 bits per heavy atom. The van der Waals surface area contributed by atoms with Crippen molar-refractivity contribution in [3.63, 3.8) is 0 Å². The van der Waals surface area contributed by atoms with Crippen molar-refractivity contribution in [3.05, 3.63) is 71.8 Å². The molecule has 2 aromatic carbocycles. The molecule has 0 bridgehead atoms. The number of esters is 1. The summed E-state index contributed by atoms with van der Waals surface area (Å²) in [5, 5.41) is 11.3. The summed E-state index contributed by atoms with van der Waals surface area (Å²) in [6, 6.07) is 18.9. The third-order valence-corrected chi connectivity index (χ3v) is 3.84. The van der Waals surface area contributed by atoms with Gasteiger partial charge in [-0.25, -0.2) is 0 Å². The van der Waals surface area contributed by atoms with Gasteiger partial charge in [0.15, 0.2) is 0 Å². The molecule has 0 aliphatic carbocycles. The number of ether oxygens (including phenoxy) is 1. The monoisotopic (exact) mass is 326 g/mol. The van der Waals surface area contributed by atoms with E-state index in [-0.39, 0.29) is 18.8 Å². The summed E-state index contributed by atoms with van der Waals surface area (Å²) in [5.41, 5.74) is 0.452. The molecule has 126 valence electrons. The largest absolute Gasteiger partial charge is 0.465 e. The minimum atomic E-state index is -1.14. The molecule has 0 aliphatic rings. The second kappa shape index (κ2) is 8.41. The van der Waals surface area contributed by atoms with Crippen molar-refractivity contribution in [2.45, 2.75) is 31.8 Å². The minimum absolute atomic E-state index is 0.175. The highest BCUT2D eigenvalue weighted by Gasteiger charge is 2.30. The Morgan fingerprint density at radius 2 is 1.46 bits per heavy atom. The third-order valence-electron chi connectivity index (χ3n) is 3.84. The van der Waals surface area contributed by atoms with Gasteiger partial charge in [-0.05, 0) is 30.9 Å². The standard InChI is InChI=1S/C20H22O4/c1-16(21)15-19(22)24-14-8-13-20(23,17-9-4-2-5-10-17)18-11-6-3-7-12-18/h2-7,9-12,23H,8,13-15H2,1H3. The van der Waals surface area contributed by atoms with Crippen molar-refractivity contribution in [1.82, 2.24) is 0 Å². The first-order valence-corrected chi connectivity index (χ1v) is 8.01. The molecule has 0 fully saturated rings. The van der Waals surface area contributed by atoms with E-state index >= 15 is 0 Å². The summed E-state index contributed by atoms with van der Waals surface area (Å²) in [6.45, 7) is 1.53. The molecule has 0 aliphatic heterocycles. The average Bonchev–Trinajstić information content (AvgIpc) is 2.59. The highest BCUT2D eigenvalue weighted by atomic mass is 16.5. The molecule has 4 nitrogen and oxygen atoms in total. The molecule has 0 saturated heterocycles. The molecular weight excluding hydrogens is 304 g/mol. The zero-order valence-electron chi connectivity index (χ0n) is 13.8. The van der Waals surface area contributed by atoms with Crippen LogP contribution in [0.4, 0.5) is 0 Å². The Labute approximate surface area is 142 Å². The van der Waals surface area contributed by atoms with Crippen LogP contribution in [0.25, 0.3) is 0 Å². The SMILES string of the molecule is CC(=O)CC(=O)OCCCC(O)(c1ccccc1)c1ccccc1. The quantitative estimate of drug-likeness (QED) is 0.459. The van der Waals surface area contributed by atoms with Crippen LogP contribution in [0, 0.1) is 0 Å². The van der Waals surface area contributed by atoms with Gasteiger partial charge in [-0.15, -0.1) is 0 Å². The fourth-order valence-corrected chi connectivity index (χ4v) is 2.65. The Balaban J connectivity index is 2.06. The smallest absolute Gasteiger partial charge is 0.313 e. The van der Waals surface area contributed by atoms with E-state index in [2.05, 4.69) is 0 Å². The van der Waals surface area contributed by atoms with E-state index < -0.39 is 11.6 Å². The Hall–Kier alpha value is -2.46. The number of Topliss-reactive ketones (excluding diaryl/α,β-unsaturated/α-hetero) is 1. The van der Waals surface area contributed by atoms with E-state index in [1.54, 1.807) is 0 Å². The maximum atomic E-state index is 11.4. The van der Waals surface area contributed by atoms with Crippen LogP contribution in [0.5, 0.6) is 0 Å². The van der Waals surface area contributed by atoms with Crippen molar-refractivity contribution in [1.29, 1.82) is 0 Å². The maximum Gasteiger partial charge on any atom is 0.313 e. The molecule has 1 N–H and O–H groups in total. The number of carbonyl (C=O) groups excluding carboxylic acids is 2. The summed E-state index contributed by atoms with van der Waals surface area (Å²) in [4.78, 5) is 22.3. The van der Waals surface area contributed by atoms with Crippen LogP contribution in [0.3, 0.4) is 0 Å². The topological polar surface area (TPSA) is 63.6 Å². The molecule has 0 heterocycles. The van der Waals surface area contributed by atoms with Crippen LogP contribution < -0.4 is 0 Å². The molecule has 0 unspecified atom stereocenters. The second-order valence-electron chi connectivity index (χ2n) is 5.80. The molecule has 0 atom stereocenters. The minimum Gasteiger partial charge on any atom is -0.465 e. The number of benzene rings is 2. The first-order valence-electron chi connectivity index (χ1n) is 8.01. The van der Waals surface area contributed by atoms with Crippen molar-refractivity contribution in [3.8, 4) is 0 Å². The lowest BCUT2D eigenvalue weighted by atomic mass is 9.83. The molecule has 0 saturated carbocycles. The summed E-state index contributed by atoms with van der Waals surface area (Å²) in [7, 11) is 0. The van der Waals surface area contributed by atoms with Gasteiger partial charge in [0, 0.05) is 0 Å². The van der Waals surface area contributed by atoms with E-state index in [9.17, 15) is 14.7 Å². The lowest BCUT2D eigenvalue weighted by Gasteiger charge is -2.29. The van der Waals surface area contributed by atoms with Crippen molar-refractivity contribution >= 4 is 11.8 Å². The number of rotatable bonds is 8. The van der Waals surface area contributed by atoms with Gasteiger partial charge < -0.3 is 9.84 Å². The van der Waals surface area contributed by atoms with Crippen LogP contribution in [0.1, 0.15) is 37.3 Å². The predicted octanol–water partition coefficient (Wildman–Crippen LogP) is 3.23. The van der Waals surface area contributed by atoms with Crippen LogP contribution in [-0.4, -0.2) is 23.5 Å². The van der Waals surface area contributed by atoms with Gasteiger partial charge in [0.1, 0.15) is 17.8 Å². The van der Waals surface area contributed by atoms with Crippen molar-refractivity contribution in [2.75, 3.05) is 6.61 Å². The summed E-state index contributed by atoms with van der Waals surface area (Å²) in [5.74, 6) is -0.740. The Morgan fingerprint density at radius 3 is 1.92 bits per heavy atom. The van der Waals surface area contributed by atoms with Crippen molar-refractivity contribution in [2.24, 2.45) is 0 Å². The molecule has 0 radical (unpaired) electrons. The van der Waals surface area contributed by atoms with E-state index in [0.29, 0.717) is 12.8 Å². The number of aliphatic hydroxyl groups is 1. The van der Waals surface area contributed by atoms with Crippen molar-refractivity contribution < 1.29 is 19.4 Å². The lowest BCUT2D eigenvalue weighted by molar-refractivity contribution is -0.146. The van der Waals surface area contributed by atoms with Gasteiger partial charge in [0.05, 0.1) is 6.61 Å². The fraction of sp³-hybridized carbons (Fsp3) is 0.300. The molecule has 2 rings (SSSR count). The molecule has 4 heteroatoms. The summed E-state index contributed by atoms with van der Waals surface area (Å²) in [6.07, 6.45) is 0.694. The summed E-state index contributed by atoms with van der Waals surface area (Å²) >= 11 is 0. The molecule has 0 aromatic heterocycles. The number of hydrogen-bond donors (Lipinski definition) is 1. The first-order chi connectivity index (χ1) is 11.5. The third kappa shape index (κ3) is 4.77. The zero-order chi connectivity index (χ0) is 17.4. The Bertz CT molecular complexity index is 625. The van der Waals surface area contributed by atoms with Crippen LogP contribution in [-0.2, 0) is 19.9 Å². The highest BCUT2D eigenvalue weighted by Crippen LogP contribution is 2.33. The highest BCUT2D eigenvalue weighted by molar-refractivity contribution is 5.94. The van der Waals surface area contributed by atoms with E-state index in [0.717, 1.165) is 11.1 Å². The molecule has 0 amide bonds. The van der Waals surface area contributed by atoms with E-state index in [1.165, 1.54) is 6.92 Å². The van der Waals surface area contributed by atoms with Gasteiger partial charge in [0.2, 0.25) is 0 Å². The molecule has 0 spiro atoms. The maximum absolute atomic E-state index is 11.4. The first kappa shape index (κ1) is 17.9. The predicted molar refractivity (Wildman–Crippen MR) is 91.4 cm³/mol. The van der Waals surface area contributed by atoms with E-state index in [4.69, 9.17) is 4.74 Å². The number of hydrogen-bond acceptors (Lipinski definition) is 4. The molecule has 24 heavy (non-hydrogen) atoms. The van der Waals surface area contributed by atoms with Gasteiger partial charge in [-0.2, -0.15) is 0 Å². The van der Waals surface area contributed by atoms with Gasteiger partial charge in [-0.1, -0.05) is 60.7 Å². The fourth-order valence-electron chi connectivity index (χ4n) is 2.65. The number of ketones is 1. The number of carbonyl (C=O) groups is 2. The Kier molecular flexibility index (Phi) is 6.27. The lowest BCUT2D eigenvalue weighted by Crippen LogP contribution is -2.28. The normalized spacial score (nSPS) is 11.1. The van der Waals surface area contributed by atoms with E-state index in [1.807, 2.05) is 60.7 Å². The van der Waals surface area contributed by atoms with Crippen LogP contribution in [0.15, 0.2) is 60.7 Å². The zero-order valence-corrected chi connectivity index (χ0v) is 13.8. The molecular formula is C20H22O4. The van der Waals surface area contributed by atoms with Gasteiger partial charge in [-0.3, -0.25) is 9.59 Å². The van der Waals surface area contributed by atoms with Crippen LogP contribution in [0.2, 0.25) is 0 Å². The second-order valence-corrected chi connectivity index (χ2v) is 5.80. The van der Waals surface area contributed by atoms with Crippen LogP contribution >= 0.6 is 0 Å². The molecule has 2 aromatic rings. The summed E-state index contributed by atoms with van der Waals surface area (Å²) < 4.78 is 5.05. The van der Waals surface area contributed by atoms with Gasteiger partial charge in [0.25, 0.3) is 0 Å². The van der Waals surface area contributed by atoms with Gasteiger partial charge >= 0.3 is 5.97 Å².